The molecule has 0 aliphatic carbocycles. The van der Waals surface area contributed by atoms with Gasteiger partial charge in [0, 0.05) is 11.9 Å². The fourth-order valence-electron chi connectivity index (χ4n) is 1.89. The Kier molecular flexibility index (Phi) is 2.50. The average molecular weight is 250 g/mol. The molecule has 19 heavy (non-hydrogen) atoms. The minimum atomic E-state index is 0.150. The molecule has 0 aliphatic heterocycles. The number of nitrogens with zero attached hydrogens (tertiary/aromatic N) is 3. The van der Waals surface area contributed by atoms with Gasteiger partial charge in [-0.05, 0) is 12.1 Å². The van der Waals surface area contributed by atoms with Crippen LogP contribution in [0, 0.1) is 11.3 Å². The summed E-state index contributed by atoms with van der Waals surface area (Å²) in [5.41, 5.74) is 7.56. The number of hydrogen-bond acceptors (Lipinski definition) is 5. The van der Waals surface area contributed by atoms with Crippen molar-refractivity contribution in [3.05, 3.63) is 42.1 Å². The molecule has 1 aromatic carbocycles. The minimum Gasteiger partial charge on any atom is -0.368 e. The second kappa shape index (κ2) is 4.31. The molecule has 0 atom stereocenters. The number of para-hydroxylation sites is 1. The largest absolute Gasteiger partial charge is 0.368 e. The van der Waals surface area contributed by atoms with E-state index in [9.17, 15) is 0 Å². The molecule has 3 rings (SSSR count). The van der Waals surface area contributed by atoms with Gasteiger partial charge >= 0.3 is 0 Å². The highest BCUT2D eigenvalue weighted by Crippen LogP contribution is 2.26. The first kappa shape index (κ1) is 11.0. The zero-order chi connectivity index (χ0) is 13.2. The summed E-state index contributed by atoms with van der Waals surface area (Å²) in [4.78, 5) is 11.1. The van der Waals surface area contributed by atoms with Crippen LogP contribution in [0.2, 0.25) is 0 Å². The lowest BCUT2D eigenvalue weighted by atomic mass is 10.2. The Morgan fingerprint density at radius 2 is 2.00 bits per heavy atom. The molecule has 0 radical (unpaired) electrons. The second-order valence-corrected chi connectivity index (χ2v) is 3.96. The van der Waals surface area contributed by atoms with Crippen LogP contribution in [0.4, 0.5) is 17.5 Å². The fraction of sp³-hybridized carbons (Fsp3) is 0. The van der Waals surface area contributed by atoms with Crippen LogP contribution in [-0.2, 0) is 0 Å². The van der Waals surface area contributed by atoms with Crippen LogP contribution in [0.25, 0.3) is 11.0 Å². The molecule has 0 spiro atoms. The van der Waals surface area contributed by atoms with E-state index in [2.05, 4.69) is 26.3 Å². The third-order valence-corrected chi connectivity index (χ3v) is 2.71. The van der Waals surface area contributed by atoms with Gasteiger partial charge in [0.1, 0.15) is 17.5 Å². The number of hydrogen-bond donors (Lipinski definition) is 3. The van der Waals surface area contributed by atoms with Gasteiger partial charge in [0.2, 0.25) is 5.95 Å². The standard InChI is InChI=1S/C13H10N6/c14-6-8-7-16-11-10(8)12(19-13(15)18-11)17-9-4-2-1-3-5-9/h1-5,7H,(H4,15,16,17,18,19). The first-order chi connectivity index (χ1) is 9.28. The van der Waals surface area contributed by atoms with Crippen molar-refractivity contribution in [3.8, 4) is 6.07 Å². The number of nitrogens with one attached hydrogen (secondary N) is 2. The SMILES string of the molecule is N#Cc1c[nH]c2nc(N)nc(Nc3ccccc3)c12. The molecular weight excluding hydrogens is 240 g/mol. The molecule has 92 valence electrons. The molecule has 0 unspecified atom stereocenters. The Balaban J connectivity index is 2.17. The van der Waals surface area contributed by atoms with Crippen molar-refractivity contribution in [2.24, 2.45) is 0 Å². The Labute approximate surface area is 108 Å². The molecule has 0 fully saturated rings. The third-order valence-electron chi connectivity index (χ3n) is 2.71. The van der Waals surface area contributed by atoms with Gasteiger partial charge in [-0.3, -0.25) is 0 Å². The molecule has 0 saturated heterocycles. The summed E-state index contributed by atoms with van der Waals surface area (Å²) in [5.74, 6) is 0.670. The molecule has 0 amide bonds. The summed E-state index contributed by atoms with van der Waals surface area (Å²) in [6, 6.07) is 11.7. The van der Waals surface area contributed by atoms with E-state index in [-0.39, 0.29) is 5.95 Å². The summed E-state index contributed by atoms with van der Waals surface area (Å²) in [6.07, 6.45) is 1.59. The molecule has 0 bridgehead atoms. The van der Waals surface area contributed by atoms with E-state index >= 15 is 0 Å². The van der Waals surface area contributed by atoms with Gasteiger partial charge in [-0.1, -0.05) is 18.2 Å². The van der Waals surface area contributed by atoms with E-state index < -0.39 is 0 Å². The monoisotopic (exact) mass is 250 g/mol. The number of nitriles is 1. The van der Waals surface area contributed by atoms with Crippen molar-refractivity contribution < 1.29 is 0 Å². The first-order valence-electron chi connectivity index (χ1n) is 5.64. The molecule has 0 aliphatic rings. The summed E-state index contributed by atoms with van der Waals surface area (Å²) in [6.45, 7) is 0. The normalized spacial score (nSPS) is 10.3. The predicted octanol–water partition coefficient (Wildman–Crippen LogP) is 2.16. The highest BCUT2D eigenvalue weighted by Gasteiger charge is 2.12. The fourth-order valence-corrected chi connectivity index (χ4v) is 1.89. The topological polar surface area (TPSA) is 103 Å². The Morgan fingerprint density at radius 3 is 2.74 bits per heavy atom. The number of anilines is 3. The number of nitrogens with two attached hydrogens (primary N) is 1. The highest BCUT2D eigenvalue weighted by molar-refractivity contribution is 5.94. The molecular formula is C13H10N6. The van der Waals surface area contributed by atoms with Gasteiger partial charge < -0.3 is 16.0 Å². The van der Waals surface area contributed by atoms with Crippen LogP contribution in [0.5, 0.6) is 0 Å². The van der Waals surface area contributed by atoms with Crippen LogP contribution in [0.1, 0.15) is 5.56 Å². The van der Waals surface area contributed by atoms with Gasteiger partial charge in [-0.2, -0.15) is 15.2 Å². The molecule has 2 aromatic heterocycles. The van der Waals surface area contributed by atoms with E-state index in [4.69, 9.17) is 11.0 Å². The van der Waals surface area contributed by atoms with Crippen LogP contribution in [0.3, 0.4) is 0 Å². The van der Waals surface area contributed by atoms with Gasteiger partial charge in [0.25, 0.3) is 0 Å². The van der Waals surface area contributed by atoms with Gasteiger partial charge in [-0.25, -0.2) is 0 Å². The number of aromatic nitrogens is 3. The highest BCUT2D eigenvalue weighted by atomic mass is 15.1. The van der Waals surface area contributed by atoms with Crippen molar-refractivity contribution >= 4 is 28.5 Å². The first-order valence-corrected chi connectivity index (χ1v) is 5.64. The number of fused-ring (bicyclic) bond motifs is 1. The quantitative estimate of drug-likeness (QED) is 0.646. The Bertz CT molecular complexity index is 769. The van der Waals surface area contributed by atoms with Gasteiger partial charge in [-0.15, -0.1) is 0 Å². The van der Waals surface area contributed by atoms with Crippen molar-refractivity contribution in [1.29, 1.82) is 5.26 Å². The van der Waals surface area contributed by atoms with E-state index in [1.54, 1.807) is 6.20 Å². The zero-order valence-electron chi connectivity index (χ0n) is 9.88. The third kappa shape index (κ3) is 1.93. The van der Waals surface area contributed by atoms with E-state index in [0.717, 1.165) is 5.69 Å². The zero-order valence-corrected chi connectivity index (χ0v) is 9.88. The minimum absolute atomic E-state index is 0.150. The van der Waals surface area contributed by atoms with E-state index in [1.165, 1.54) is 0 Å². The molecule has 4 N–H and O–H groups in total. The number of benzene rings is 1. The van der Waals surface area contributed by atoms with Crippen LogP contribution in [0.15, 0.2) is 36.5 Å². The van der Waals surface area contributed by atoms with Gasteiger partial charge in [0.05, 0.1) is 10.9 Å². The average Bonchev–Trinajstić information content (AvgIpc) is 2.82. The Morgan fingerprint density at radius 1 is 1.21 bits per heavy atom. The number of nitrogen functional groups attached to an aromatic ring is 1. The predicted molar refractivity (Wildman–Crippen MR) is 72.7 cm³/mol. The number of H-pyrrole nitrogens is 1. The molecule has 6 heteroatoms. The Hall–Kier alpha value is -3.07. The number of rotatable bonds is 2. The van der Waals surface area contributed by atoms with Crippen molar-refractivity contribution in [1.82, 2.24) is 15.0 Å². The molecule has 3 aromatic rings. The van der Waals surface area contributed by atoms with Crippen molar-refractivity contribution in [2.45, 2.75) is 0 Å². The molecule has 2 heterocycles. The lowest BCUT2D eigenvalue weighted by Gasteiger charge is -2.07. The summed E-state index contributed by atoms with van der Waals surface area (Å²) in [7, 11) is 0. The van der Waals surface area contributed by atoms with Crippen LogP contribution < -0.4 is 11.1 Å². The number of aromatic amines is 1. The summed E-state index contributed by atoms with van der Waals surface area (Å²) in [5, 5.41) is 12.9. The smallest absolute Gasteiger partial charge is 0.224 e. The van der Waals surface area contributed by atoms with Crippen molar-refractivity contribution in [3.63, 3.8) is 0 Å². The lowest BCUT2D eigenvalue weighted by Crippen LogP contribution is -2.01. The maximum absolute atomic E-state index is 9.10. The maximum Gasteiger partial charge on any atom is 0.224 e. The second-order valence-electron chi connectivity index (χ2n) is 3.96. The van der Waals surface area contributed by atoms with Crippen LogP contribution >= 0.6 is 0 Å². The lowest BCUT2D eigenvalue weighted by molar-refractivity contribution is 1.21. The van der Waals surface area contributed by atoms with Gasteiger partial charge in [0.15, 0.2) is 0 Å². The molecule has 0 saturated carbocycles. The summed E-state index contributed by atoms with van der Waals surface area (Å²) < 4.78 is 0. The van der Waals surface area contributed by atoms with Crippen molar-refractivity contribution in [2.75, 3.05) is 11.1 Å². The summed E-state index contributed by atoms with van der Waals surface area (Å²) >= 11 is 0. The van der Waals surface area contributed by atoms with E-state index in [0.29, 0.717) is 22.4 Å². The van der Waals surface area contributed by atoms with E-state index in [1.807, 2.05) is 30.3 Å². The van der Waals surface area contributed by atoms with Crippen LogP contribution in [-0.4, -0.2) is 15.0 Å². The maximum atomic E-state index is 9.10. The molecule has 6 nitrogen and oxygen atoms in total.